The zero-order valence-corrected chi connectivity index (χ0v) is 21.7. The topological polar surface area (TPSA) is 93.0 Å². The predicted molar refractivity (Wildman–Crippen MR) is 141 cm³/mol. The van der Waals surface area contributed by atoms with Crippen LogP contribution in [-0.4, -0.2) is 71.8 Å². The summed E-state index contributed by atoms with van der Waals surface area (Å²) in [7, 11) is 1.58. The zero-order chi connectivity index (χ0) is 27.3. The quantitative estimate of drug-likeness (QED) is 0.264. The number of piperazine rings is 1. The SMILES string of the molecule is COc1ccc(N2CCN(C(C=S)OC3CCC(Nc4ccc([N+](=O)[O-])c(C(F)(F)F)c4)CC3)CC2)cn1. The van der Waals surface area contributed by atoms with E-state index in [9.17, 15) is 23.3 Å². The fraction of sp³-hybridized carbons (Fsp3) is 0.520. The Bertz CT molecular complexity index is 1110. The Hall–Kier alpha value is -3.03. The molecule has 1 aliphatic heterocycles. The molecule has 0 amide bonds. The van der Waals surface area contributed by atoms with Crippen LogP contribution < -0.4 is 15.0 Å². The van der Waals surface area contributed by atoms with Gasteiger partial charge in [0.2, 0.25) is 5.88 Å². The maximum atomic E-state index is 13.3. The number of nitro benzene ring substituents is 1. The Morgan fingerprint density at radius 2 is 1.87 bits per heavy atom. The average molecular weight is 554 g/mol. The van der Waals surface area contributed by atoms with Crippen LogP contribution in [-0.2, 0) is 10.9 Å². The molecule has 2 heterocycles. The van der Waals surface area contributed by atoms with Crippen molar-refractivity contribution in [3.63, 3.8) is 0 Å². The lowest BCUT2D eigenvalue weighted by atomic mass is 9.92. The van der Waals surface area contributed by atoms with Crippen molar-refractivity contribution in [3.8, 4) is 5.88 Å². The predicted octanol–water partition coefficient (Wildman–Crippen LogP) is 4.90. The minimum Gasteiger partial charge on any atom is -0.481 e. The van der Waals surface area contributed by atoms with Crippen LogP contribution in [0.4, 0.5) is 30.2 Å². The molecule has 1 atom stereocenters. The summed E-state index contributed by atoms with van der Waals surface area (Å²) in [5.74, 6) is 0.574. The van der Waals surface area contributed by atoms with E-state index in [1.54, 1.807) is 18.7 Å². The molecule has 1 unspecified atom stereocenters. The van der Waals surface area contributed by atoms with Gasteiger partial charge in [-0.3, -0.25) is 15.0 Å². The van der Waals surface area contributed by atoms with Gasteiger partial charge in [0.05, 0.1) is 30.0 Å². The van der Waals surface area contributed by atoms with Gasteiger partial charge in [-0.25, -0.2) is 4.98 Å². The van der Waals surface area contributed by atoms with E-state index in [2.05, 4.69) is 20.1 Å². The summed E-state index contributed by atoms with van der Waals surface area (Å²) in [4.78, 5) is 18.7. The van der Waals surface area contributed by atoms with Crippen LogP contribution in [0.15, 0.2) is 36.5 Å². The molecular weight excluding hydrogens is 523 g/mol. The van der Waals surface area contributed by atoms with E-state index >= 15 is 0 Å². The fourth-order valence-electron chi connectivity index (χ4n) is 4.91. The van der Waals surface area contributed by atoms with Gasteiger partial charge < -0.3 is 19.7 Å². The van der Waals surface area contributed by atoms with E-state index in [1.807, 2.05) is 12.1 Å². The van der Waals surface area contributed by atoms with Gasteiger partial charge in [0.1, 0.15) is 11.8 Å². The van der Waals surface area contributed by atoms with Crippen molar-refractivity contribution < 1.29 is 27.6 Å². The van der Waals surface area contributed by atoms with E-state index in [1.165, 1.54) is 6.07 Å². The first kappa shape index (κ1) is 28.0. The lowest BCUT2D eigenvalue weighted by molar-refractivity contribution is -0.388. The van der Waals surface area contributed by atoms with Crippen LogP contribution in [0.5, 0.6) is 5.88 Å². The van der Waals surface area contributed by atoms with E-state index < -0.39 is 22.4 Å². The number of nitrogens with one attached hydrogen (secondary N) is 1. The number of alkyl halides is 3. The maximum absolute atomic E-state index is 13.3. The molecule has 9 nitrogen and oxygen atoms in total. The smallest absolute Gasteiger partial charge is 0.423 e. The molecule has 2 aliphatic rings. The molecule has 1 saturated carbocycles. The van der Waals surface area contributed by atoms with Crippen LogP contribution in [0.1, 0.15) is 31.2 Å². The second kappa shape index (κ2) is 12.2. The van der Waals surface area contributed by atoms with E-state index in [4.69, 9.17) is 21.7 Å². The Balaban J connectivity index is 1.26. The number of halogens is 3. The first-order valence-electron chi connectivity index (χ1n) is 12.4. The number of hydrogen-bond donors (Lipinski definition) is 1. The number of nitro groups is 1. The van der Waals surface area contributed by atoms with Crippen molar-refractivity contribution in [3.05, 3.63) is 52.2 Å². The highest BCUT2D eigenvalue weighted by molar-refractivity contribution is 7.79. The van der Waals surface area contributed by atoms with Crippen molar-refractivity contribution in [2.75, 3.05) is 43.5 Å². The number of rotatable bonds is 9. The first-order chi connectivity index (χ1) is 18.2. The maximum Gasteiger partial charge on any atom is 0.423 e. The molecule has 4 rings (SSSR count). The molecule has 1 aromatic heterocycles. The van der Waals surface area contributed by atoms with Gasteiger partial charge >= 0.3 is 6.18 Å². The highest BCUT2D eigenvalue weighted by Gasteiger charge is 2.38. The highest BCUT2D eigenvalue weighted by atomic mass is 32.1. The van der Waals surface area contributed by atoms with E-state index in [-0.39, 0.29) is 24.1 Å². The average Bonchev–Trinajstić information content (AvgIpc) is 2.92. The molecule has 0 spiro atoms. The zero-order valence-electron chi connectivity index (χ0n) is 20.9. The number of nitrogens with zero attached hydrogens (tertiary/aromatic N) is 4. The molecule has 38 heavy (non-hydrogen) atoms. The molecule has 1 saturated heterocycles. The standard InChI is InChI=1S/C25H30F3N5O4S/c1-36-23-9-5-19(15-29-23)31-10-12-32(13-11-31)24(16-38)37-20-6-2-17(3-7-20)30-18-4-8-22(33(34)35)21(14-18)25(26,27)28/h4-5,8-9,14-17,20,24,30H,2-3,6-7,10-13H2,1H3. The Morgan fingerprint density at radius 1 is 1.16 bits per heavy atom. The van der Waals surface area contributed by atoms with Gasteiger partial charge in [0.15, 0.2) is 0 Å². The summed E-state index contributed by atoms with van der Waals surface area (Å²) in [6, 6.07) is 6.80. The van der Waals surface area contributed by atoms with Gasteiger partial charge in [0, 0.05) is 55.4 Å². The Morgan fingerprint density at radius 3 is 2.42 bits per heavy atom. The van der Waals surface area contributed by atoms with Crippen molar-refractivity contribution in [1.82, 2.24) is 9.88 Å². The monoisotopic (exact) mass is 553 g/mol. The third kappa shape index (κ3) is 6.88. The summed E-state index contributed by atoms with van der Waals surface area (Å²) >= 11 is 5.27. The third-order valence-corrected chi connectivity index (χ3v) is 7.19. The molecule has 206 valence electrons. The normalized spacial score (nSPS) is 21.5. The van der Waals surface area contributed by atoms with Gasteiger partial charge in [-0.15, -0.1) is 0 Å². The third-order valence-electron chi connectivity index (χ3n) is 6.96. The number of methoxy groups -OCH3 is 1. The van der Waals surface area contributed by atoms with Crippen LogP contribution in [0.25, 0.3) is 0 Å². The van der Waals surface area contributed by atoms with Gasteiger partial charge in [0.25, 0.3) is 5.69 Å². The van der Waals surface area contributed by atoms with E-state index in [0.29, 0.717) is 18.7 Å². The number of benzene rings is 1. The van der Waals surface area contributed by atoms with E-state index in [0.717, 1.165) is 56.8 Å². The second-order valence-corrected chi connectivity index (χ2v) is 9.62. The fourth-order valence-corrected chi connectivity index (χ4v) is 5.14. The molecular formula is C25H30F3N5O4S. The second-order valence-electron chi connectivity index (χ2n) is 9.35. The molecule has 0 bridgehead atoms. The summed E-state index contributed by atoms with van der Waals surface area (Å²) < 4.78 is 51.3. The lowest BCUT2D eigenvalue weighted by Gasteiger charge is -2.40. The molecule has 2 fully saturated rings. The number of pyridine rings is 1. The van der Waals surface area contributed by atoms with Crippen molar-refractivity contribution in [1.29, 1.82) is 0 Å². The van der Waals surface area contributed by atoms with Crippen LogP contribution in [0.2, 0.25) is 0 Å². The molecule has 13 heteroatoms. The summed E-state index contributed by atoms with van der Waals surface area (Å²) in [6.45, 7) is 3.18. The highest BCUT2D eigenvalue weighted by Crippen LogP contribution is 2.38. The van der Waals surface area contributed by atoms with Crippen LogP contribution in [0.3, 0.4) is 0 Å². The van der Waals surface area contributed by atoms with Crippen LogP contribution >= 0.6 is 12.2 Å². The Kier molecular flexibility index (Phi) is 9.00. The largest absolute Gasteiger partial charge is 0.481 e. The summed E-state index contributed by atoms with van der Waals surface area (Å²) in [5.41, 5.74) is -0.954. The van der Waals surface area contributed by atoms with Crippen LogP contribution in [0, 0.1) is 10.1 Å². The summed E-state index contributed by atoms with van der Waals surface area (Å²) in [6.07, 6.45) is -0.450. The molecule has 2 aromatic rings. The first-order valence-corrected chi connectivity index (χ1v) is 12.9. The Labute approximate surface area is 224 Å². The molecule has 1 aromatic carbocycles. The number of aromatic nitrogens is 1. The minimum atomic E-state index is -4.81. The van der Waals surface area contributed by atoms with Crippen molar-refractivity contribution >= 4 is 34.6 Å². The summed E-state index contributed by atoms with van der Waals surface area (Å²) in [5, 5.41) is 15.7. The number of hydrogen-bond acceptors (Lipinski definition) is 9. The minimum absolute atomic E-state index is 0.0105. The van der Waals surface area contributed by atoms with Gasteiger partial charge in [-0.05, 0) is 43.9 Å². The number of thiocarbonyl (C=S) groups is 1. The van der Waals surface area contributed by atoms with Gasteiger partial charge in [-0.1, -0.05) is 12.2 Å². The van der Waals surface area contributed by atoms with Gasteiger partial charge in [-0.2, -0.15) is 13.2 Å². The molecule has 1 aliphatic carbocycles. The van der Waals surface area contributed by atoms with Crippen molar-refractivity contribution in [2.24, 2.45) is 0 Å². The number of anilines is 2. The number of ether oxygens (including phenoxy) is 2. The molecule has 0 radical (unpaired) electrons. The lowest BCUT2D eigenvalue weighted by Crippen LogP contribution is -2.52. The molecule has 1 N–H and O–H groups in total. The van der Waals surface area contributed by atoms with Crippen molar-refractivity contribution in [2.45, 2.75) is 50.2 Å².